The van der Waals surface area contributed by atoms with Crippen molar-refractivity contribution in [2.24, 2.45) is 10.4 Å². The molecule has 1 fully saturated rings. The maximum absolute atomic E-state index is 11.4. The summed E-state index contributed by atoms with van der Waals surface area (Å²) >= 11 is 0. The van der Waals surface area contributed by atoms with Crippen molar-refractivity contribution < 1.29 is 13.2 Å². The van der Waals surface area contributed by atoms with Crippen LogP contribution in [-0.2, 0) is 14.8 Å². The van der Waals surface area contributed by atoms with Gasteiger partial charge in [-0.15, -0.1) is 24.0 Å². The molecule has 0 aliphatic heterocycles. The van der Waals surface area contributed by atoms with E-state index in [0.29, 0.717) is 12.5 Å². The van der Waals surface area contributed by atoms with Gasteiger partial charge >= 0.3 is 0 Å². The van der Waals surface area contributed by atoms with E-state index in [-0.39, 0.29) is 29.4 Å². The predicted octanol–water partition coefficient (Wildman–Crippen LogP) is 1.69. The minimum atomic E-state index is -3.25. The summed E-state index contributed by atoms with van der Waals surface area (Å²) in [6, 6.07) is 0. The number of ether oxygens (including phenoxy) is 1. The van der Waals surface area contributed by atoms with E-state index in [2.05, 4.69) is 20.3 Å². The molecule has 0 unspecified atom stereocenters. The van der Waals surface area contributed by atoms with Crippen molar-refractivity contribution in [3.63, 3.8) is 0 Å². The van der Waals surface area contributed by atoms with Gasteiger partial charge in [0.15, 0.2) is 5.96 Å². The number of hydrogen-bond acceptors (Lipinski definition) is 4. The molecule has 0 radical (unpaired) electrons. The Hall–Kier alpha value is -0.130. The summed E-state index contributed by atoms with van der Waals surface area (Å²) in [6.45, 7) is 5.76. The summed E-state index contributed by atoms with van der Waals surface area (Å²) < 4.78 is 30.7. The van der Waals surface area contributed by atoms with E-state index in [1.165, 1.54) is 31.9 Å². The Labute approximate surface area is 170 Å². The molecule has 0 aromatic heterocycles. The monoisotopic (exact) mass is 490 g/mol. The van der Waals surface area contributed by atoms with Crippen molar-refractivity contribution in [2.75, 3.05) is 40.1 Å². The first kappa shape index (κ1) is 24.9. The van der Waals surface area contributed by atoms with Crippen LogP contribution in [0.5, 0.6) is 0 Å². The number of nitrogens with zero attached hydrogens (tertiary/aromatic N) is 1. The van der Waals surface area contributed by atoms with Crippen molar-refractivity contribution >= 4 is 40.0 Å². The highest BCUT2D eigenvalue weighted by Gasteiger charge is 2.33. The summed E-state index contributed by atoms with van der Waals surface area (Å²) in [4.78, 5) is 4.25. The van der Waals surface area contributed by atoms with Gasteiger partial charge in [-0.25, -0.2) is 13.1 Å². The maximum atomic E-state index is 11.4. The summed E-state index contributed by atoms with van der Waals surface area (Å²) in [5.74, 6) is 0.696. The molecule has 3 N–H and O–H groups in total. The van der Waals surface area contributed by atoms with Crippen LogP contribution >= 0.6 is 24.0 Å². The second-order valence-corrected chi connectivity index (χ2v) is 9.24. The van der Waals surface area contributed by atoms with Crippen molar-refractivity contribution in [2.45, 2.75) is 51.5 Å². The fourth-order valence-electron chi connectivity index (χ4n) is 3.29. The fraction of sp³-hybridized carbons (Fsp3) is 0.938. The van der Waals surface area contributed by atoms with E-state index in [9.17, 15) is 8.42 Å². The van der Waals surface area contributed by atoms with E-state index in [1.807, 2.05) is 13.8 Å². The topological polar surface area (TPSA) is 91.8 Å². The molecular weight excluding hydrogens is 455 g/mol. The number of rotatable bonds is 9. The second-order valence-electron chi connectivity index (χ2n) is 7.49. The van der Waals surface area contributed by atoms with Gasteiger partial charge in [0.25, 0.3) is 0 Å². The molecule has 1 aliphatic carbocycles. The van der Waals surface area contributed by atoms with Crippen LogP contribution in [0.3, 0.4) is 0 Å². The molecule has 1 rings (SSSR count). The van der Waals surface area contributed by atoms with Crippen LogP contribution < -0.4 is 15.4 Å². The third kappa shape index (κ3) is 9.95. The van der Waals surface area contributed by atoms with Gasteiger partial charge in [0.05, 0.1) is 6.26 Å². The molecule has 25 heavy (non-hydrogen) atoms. The van der Waals surface area contributed by atoms with E-state index in [4.69, 9.17) is 4.74 Å². The first-order chi connectivity index (χ1) is 11.1. The number of nitrogens with one attached hydrogen (secondary N) is 3. The lowest BCUT2D eigenvalue weighted by Gasteiger charge is -2.31. The van der Waals surface area contributed by atoms with Crippen LogP contribution in [0.4, 0.5) is 0 Å². The number of halogens is 1. The van der Waals surface area contributed by atoms with Crippen molar-refractivity contribution in [1.82, 2.24) is 15.4 Å². The zero-order chi connectivity index (χ0) is 18.3. The molecule has 1 saturated carbocycles. The molecule has 9 heteroatoms. The molecule has 1 aliphatic rings. The highest BCUT2D eigenvalue weighted by atomic mass is 127. The van der Waals surface area contributed by atoms with Crippen molar-refractivity contribution in [3.8, 4) is 0 Å². The molecule has 0 heterocycles. The summed E-state index contributed by atoms with van der Waals surface area (Å²) in [7, 11) is 0.222. The third-order valence-electron chi connectivity index (χ3n) is 4.51. The third-order valence-corrected chi connectivity index (χ3v) is 5.44. The first-order valence-electron chi connectivity index (χ1n) is 8.54. The molecule has 0 amide bonds. The van der Waals surface area contributed by atoms with Crippen LogP contribution in [0.2, 0.25) is 0 Å². The minimum absolute atomic E-state index is 0. The van der Waals surface area contributed by atoms with Gasteiger partial charge in [-0.05, 0) is 38.5 Å². The van der Waals surface area contributed by atoms with Gasteiger partial charge < -0.3 is 15.4 Å². The number of hydrogen-bond donors (Lipinski definition) is 3. The lowest BCUT2D eigenvalue weighted by molar-refractivity contribution is 0.138. The SMILES string of the molecule is CN=C(NCC1(CCOC)CCCC1)NCC(C)(C)NS(C)(=O)=O.I. The Bertz CT molecular complexity index is 517. The van der Waals surface area contributed by atoms with Crippen LogP contribution in [-0.4, -0.2) is 60.0 Å². The Kier molecular flexibility index (Phi) is 10.8. The number of guanidine groups is 1. The predicted molar refractivity (Wildman–Crippen MR) is 114 cm³/mol. The number of aliphatic imine (C=N–C) groups is 1. The van der Waals surface area contributed by atoms with Gasteiger partial charge in [0.1, 0.15) is 0 Å². The lowest BCUT2D eigenvalue weighted by Crippen LogP contribution is -2.53. The van der Waals surface area contributed by atoms with E-state index in [0.717, 1.165) is 19.6 Å². The lowest BCUT2D eigenvalue weighted by atomic mass is 9.83. The quantitative estimate of drug-likeness (QED) is 0.260. The zero-order valence-electron chi connectivity index (χ0n) is 16.1. The average molecular weight is 490 g/mol. The molecule has 150 valence electrons. The van der Waals surface area contributed by atoms with Crippen LogP contribution in [0.15, 0.2) is 4.99 Å². The smallest absolute Gasteiger partial charge is 0.209 e. The number of methoxy groups -OCH3 is 1. The normalized spacial score (nSPS) is 17.9. The van der Waals surface area contributed by atoms with Crippen LogP contribution in [0.1, 0.15) is 46.0 Å². The molecule has 0 spiro atoms. The Morgan fingerprint density at radius 2 is 1.84 bits per heavy atom. The van der Waals surface area contributed by atoms with Crippen LogP contribution in [0.25, 0.3) is 0 Å². The Morgan fingerprint density at radius 3 is 2.32 bits per heavy atom. The van der Waals surface area contributed by atoms with Gasteiger partial charge in [0.2, 0.25) is 10.0 Å². The second kappa shape index (κ2) is 10.9. The number of sulfonamides is 1. The van der Waals surface area contributed by atoms with Gasteiger partial charge in [-0.2, -0.15) is 0 Å². The molecular formula is C16H35IN4O3S. The van der Waals surface area contributed by atoms with E-state index >= 15 is 0 Å². The van der Waals surface area contributed by atoms with E-state index < -0.39 is 15.6 Å². The molecule has 0 bridgehead atoms. The minimum Gasteiger partial charge on any atom is -0.385 e. The van der Waals surface area contributed by atoms with Crippen molar-refractivity contribution in [1.29, 1.82) is 0 Å². The summed E-state index contributed by atoms with van der Waals surface area (Å²) in [5.41, 5.74) is -0.319. The molecule has 0 saturated heterocycles. The largest absolute Gasteiger partial charge is 0.385 e. The fourth-order valence-corrected chi connectivity index (χ4v) is 4.37. The average Bonchev–Trinajstić information content (AvgIpc) is 2.92. The highest BCUT2D eigenvalue weighted by molar-refractivity contribution is 14.0. The molecule has 0 aromatic rings. The first-order valence-corrected chi connectivity index (χ1v) is 10.4. The molecule has 0 atom stereocenters. The van der Waals surface area contributed by atoms with Gasteiger partial charge in [-0.1, -0.05) is 12.8 Å². The molecule has 0 aromatic carbocycles. The van der Waals surface area contributed by atoms with Gasteiger partial charge in [-0.3, -0.25) is 4.99 Å². The zero-order valence-corrected chi connectivity index (χ0v) is 19.3. The summed E-state index contributed by atoms with van der Waals surface area (Å²) in [6.07, 6.45) is 7.17. The highest BCUT2D eigenvalue weighted by Crippen LogP contribution is 2.40. The summed E-state index contributed by atoms with van der Waals surface area (Å²) in [5, 5.41) is 6.61. The van der Waals surface area contributed by atoms with Crippen LogP contribution in [0, 0.1) is 5.41 Å². The van der Waals surface area contributed by atoms with Gasteiger partial charge in [0, 0.05) is 39.4 Å². The Balaban J connectivity index is 0.00000576. The Morgan fingerprint density at radius 1 is 1.24 bits per heavy atom. The van der Waals surface area contributed by atoms with E-state index in [1.54, 1.807) is 14.2 Å². The standard InChI is InChI=1S/C16H34N4O3S.HI/c1-15(2,20-24(5,21)22)12-18-14(17-3)19-13-16(10-11-23-4)8-6-7-9-16;/h20H,6-13H2,1-5H3,(H2,17,18,19);1H. The molecule has 7 nitrogen and oxygen atoms in total. The maximum Gasteiger partial charge on any atom is 0.209 e. The van der Waals surface area contributed by atoms with Crippen molar-refractivity contribution in [3.05, 3.63) is 0 Å².